The van der Waals surface area contributed by atoms with Gasteiger partial charge in [0.05, 0.1) is 11.0 Å². The van der Waals surface area contributed by atoms with Crippen LogP contribution in [0.2, 0.25) is 0 Å². The topological polar surface area (TPSA) is 97.9 Å². The second-order valence-electron chi connectivity index (χ2n) is 17.0. The zero-order valence-electron chi connectivity index (χ0n) is 39.2. The summed E-state index contributed by atoms with van der Waals surface area (Å²) >= 11 is 0. The normalized spacial score (nSPS) is 13.2. The lowest BCUT2D eigenvalue weighted by Gasteiger charge is -2.24. The zero-order valence-corrected chi connectivity index (χ0v) is 39.2. The van der Waals surface area contributed by atoms with Crippen molar-refractivity contribution < 1.29 is 24.8 Å². The van der Waals surface area contributed by atoms with Crippen molar-refractivity contribution in [2.24, 2.45) is 10.8 Å². The fourth-order valence-electron chi connectivity index (χ4n) is 6.70. The van der Waals surface area contributed by atoms with Crippen molar-refractivity contribution in [2.45, 2.75) is 115 Å². The molecule has 4 aromatic rings. The molecule has 0 aliphatic heterocycles. The number of nitrogens with zero attached hydrogens (tertiary/aromatic N) is 2. The predicted octanol–water partition coefficient (Wildman–Crippen LogP) is 10.2. The lowest BCUT2D eigenvalue weighted by atomic mass is 9.83. The van der Waals surface area contributed by atoms with Crippen molar-refractivity contribution in [3.05, 3.63) is 143 Å². The van der Waals surface area contributed by atoms with Gasteiger partial charge in [0.15, 0.2) is 6.54 Å². The summed E-state index contributed by atoms with van der Waals surface area (Å²) in [5, 5.41) is 18.6. The van der Waals surface area contributed by atoms with Gasteiger partial charge in [0.1, 0.15) is 0 Å². The van der Waals surface area contributed by atoms with Crippen LogP contribution in [0.5, 0.6) is 0 Å². The first-order valence-corrected chi connectivity index (χ1v) is 22.4. The van der Waals surface area contributed by atoms with Crippen molar-refractivity contribution in [3.63, 3.8) is 0 Å². The van der Waals surface area contributed by atoms with E-state index in [1.807, 2.05) is 13.8 Å². The predicted molar refractivity (Wildman–Crippen MR) is 256 cm³/mol. The fourth-order valence-corrected chi connectivity index (χ4v) is 6.70. The summed E-state index contributed by atoms with van der Waals surface area (Å²) in [4.78, 5) is 28.9. The van der Waals surface area contributed by atoms with Crippen LogP contribution in [0.25, 0.3) is 11.1 Å². The highest BCUT2D eigenvalue weighted by Crippen LogP contribution is 2.38. The molecule has 0 radical (unpaired) electrons. The maximum absolute atomic E-state index is 10.3. The average molecular weight is 828 g/mol. The summed E-state index contributed by atoms with van der Waals surface area (Å²) < 4.78 is 0. The van der Waals surface area contributed by atoms with E-state index in [1.54, 1.807) is 27.7 Å². The van der Waals surface area contributed by atoms with E-state index in [1.165, 1.54) is 55.9 Å². The van der Waals surface area contributed by atoms with E-state index in [4.69, 9.17) is 5.11 Å². The SMILES string of the molecule is CCC(C)(C)C(=O)O.CCC(C)(C)C(=O)[O-].CCC(C)c1ccc(C[NH+]=C2C=CC(=C(c3ccc(N(CC)CC)cc3)c3ccc(N(CC)CC)cc3)c3ccccc32)cc1. The van der Waals surface area contributed by atoms with E-state index in [9.17, 15) is 14.7 Å². The molecular weight excluding hydrogens is 755 g/mol. The van der Waals surface area contributed by atoms with Crippen LogP contribution >= 0.6 is 0 Å². The fraction of sp³-hybridized carbons (Fsp3) is 0.426. The Hall–Kier alpha value is -5.43. The minimum Gasteiger partial charge on any atom is -0.550 e. The number of hydrogen-bond acceptors (Lipinski definition) is 5. The molecule has 0 bridgehead atoms. The van der Waals surface area contributed by atoms with Crippen LogP contribution < -0.4 is 19.9 Å². The quantitative estimate of drug-likeness (QED) is 0.117. The number of rotatable bonds is 16. The van der Waals surface area contributed by atoms with Crippen LogP contribution in [0, 0.1) is 10.8 Å². The maximum atomic E-state index is 10.3. The molecule has 61 heavy (non-hydrogen) atoms. The summed E-state index contributed by atoms with van der Waals surface area (Å²) in [5.74, 6) is -1.10. The molecule has 0 fully saturated rings. The second kappa shape index (κ2) is 23.5. The number of aliphatic carboxylic acids is 2. The van der Waals surface area contributed by atoms with Crippen LogP contribution in [-0.4, -0.2) is 48.9 Å². The number of carboxylic acids is 2. The highest BCUT2D eigenvalue weighted by Gasteiger charge is 2.24. The Balaban J connectivity index is 0.000000524. The van der Waals surface area contributed by atoms with Crippen LogP contribution in [-0.2, 0) is 16.1 Å². The number of carbonyl (C=O) groups excluding carboxylic acids is 1. The van der Waals surface area contributed by atoms with Crippen molar-refractivity contribution in [1.29, 1.82) is 0 Å². The van der Waals surface area contributed by atoms with Crippen molar-refractivity contribution in [2.75, 3.05) is 36.0 Å². The molecule has 7 nitrogen and oxygen atoms in total. The van der Waals surface area contributed by atoms with Crippen molar-refractivity contribution in [1.82, 2.24) is 0 Å². The molecule has 0 amide bonds. The first-order chi connectivity index (χ1) is 29.0. The number of allylic oxidation sites excluding steroid dienone is 3. The van der Waals surface area contributed by atoms with Crippen LogP contribution in [0.3, 0.4) is 0 Å². The number of anilines is 2. The summed E-state index contributed by atoms with van der Waals surface area (Å²) in [5.41, 5.74) is 12.7. The Bertz CT molecular complexity index is 2000. The van der Waals surface area contributed by atoms with Crippen molar-refractivity contribution >= 4 is 40.2 Å². The Labute approximate surface area is 368 Å². The Morgan fingerprint density at radius 1 is 0.639 bits per heavy atom. The van der Waals surface area contributed by atoms with Gasteiger partial charge in [0.2, 0.25) is 5.71 Å². The largest absolute Gasteiger partial charge is 0.550 e. The summed E-state index contributed by atoms with van der Waals surface area (Å²) in [6.07, 6.45) is 7.04. The molecule has 7 heteroatoms. The van der Waals surface area contributed by atoms with Gasteiger partial charge in [-0.1, -0.05) is 108 Å². The van der Waals surface area contributed by atoms with E-state index in [-0.39, 0.29) is 0 Å². The van der Waals surface area contributed by atoms with E-state index in [2.05, 4.69) is 166 Å². The number of benzene rings is 4. The van der Waals surface area contributed by atoms with Gasteiger partial charge in [-0.3, -0.25) is 4.79 Å². The molecule has 1 aliphatic carbocycles. The number of fused-ring (bicyclic) bond motifs is 1. The monoisotopic (exact) mass is 828 g/mol. The van der Waals surface area contributed by atoms with Gasteiger partial charge in [-0.2, -0.15) is 0 Å². The van der Waals surface area contributed by atoms with E-state index < -0.39 is 22.8 Å². The van der Waals surface area contributed by atoms with E-state index in [0.29, 0.717) is 18.8 Å². The minimum atomic E-state index is -0.972. The highest BCUT2D eigenvalue weighted by atomic mass is 16.4. The zero-order chi connectivity index (χ0) is 45.3. The minimum absolute atomic E-state index is 0.542. The Morgan fingerprint density at radius 2 is 1.10 bits per heavy atom. The summed E-state index contributed by atoms with van der Waals surface area (Å²) in [7, 11) is 0. The molecule has 328 valence electrons. The number of carbonyl (C=O) groups is 2. The van der Waals surface area contributed by atoms with Crippen LogP contribution in [0.15, 0.2) is 109 Å². The molecule has 2 N–H and O–H groups in total. The van der Waals surface area contributed by atoms with Crippen molar-refractivity contribution in [3.8, 4) is 0 Å². The van der Waals surface area contributed by atoms with Crippen LogP contribution in [0.1, 0.15) is 142 Å². The molecule has 0 saturated carbocycles. The molecule has 0 saturated heterocycles. The van der Waals surface area contributed by atoms with E-state index >= 15 is 0 Å². The molecular formula is C54H73N3O4. The van der Waals surface area contributed by atoms with Gasteiger partial charge in [-0.15, -0.1) is 0 Å². The maximum Gasteiger partial charge on any atom is 0.309 e. The Kier molecular flexibility index (Phi) is 19.3. The molecule has 5 rings (SSSR count). The Morgan fingerprint density at radius 3 is 1.46 bits per heavy atom. The number of hydrogen-bond donors (Lipinski definition) is 2. The molecule has 0 spiro atoms. The third kappa shape index (κ3) is 13.5. The first kappa shape index (κ1) is 49.9. The second-order valence-corrected chi connectivity index (χ2v) is 17.0. The third-order valence-corrected chi connectivity index (χ3v) is 12.3. The molecule has 0 heterocycles. The average Bonchev–Trinajstić information content (AvgIpc) is 3.28. The lowest BCUT2D eigenvalue weighted by Crippen LogP contribution is -2.71. The molecule has 1 unspecified atom stereocenters. The summed E-state index contributed by atoms with van der Waals surface area (Å²) in [6.45, 7) is 28.7. The van der Waals surface area contributed by atoms with Gasteiger partial charge >= 0.3 is 5.97 Å². The number of nitrogens with one attached hydrogen (secondary N) is 1. The summed E-state index contributed by atoms with van der Waals surface area (Å²) in [6, 6.07) is 36.2. The van der Waals surface area contributed by atoms with Gasteiger partial charge in [-0.05, 0) is 137 Å². The number of carboxylic acid groups (broad SMARTS) is 2. The highest BCUT2D eigenvalue weighted by molar-refractivity contribution is 6.17. The molecule has 1 aliphatic rings. The van der Waals surface area contributed by atoms with Gasteiger partial charge in [0, 0.05) is 60.6 Å². The van der Waals surface area contributed by atoms with Gasteiger partial charge in [0.25, 0.3) is 0 Å². The first-order valence-electron chi connectivity index (χ1n) is 22.4. The standard InChI is InChI=1S/C42H49N3.2C6H12O2/c1-7-31(6)33-18-16-32(17-19-33)30-43-41-29-28-40(38-14-12-13-15-39(38)41)42(34-20-24-36(25-21-34)44(8-2)9-3)35-22-26-37(27-23-35)45(10-4)11-5;2*1-4-6(2,3)5(7)8/h12-29,31H,7-11,30H2,1-6H3;2*4H2,1-3H3,(H,7,8). The third-order valence-electron chi connectivity index (χ3n) is 12.3. The molecule has 1 atom stereocenters. The van der Waals surface area contributed by atoms with Gasteiger partial charge in [-0.25, -0.2) is 4.99 Å². The van der Waals surface area contributed by atoms with Crippen LogP contribution in [0.4, 0.5) is 11.4 Å². The van der Waals surface area contributed by atoms with E-state index in [0.717, 1.165) is 44.9 Å². The lowest BCUT2D eigenvalue weighted by molar-refractivity contribution is -0.473. The van der Waals surface area contributed by atoms with Gasteiger partial charge < -0.3 is 24.8 Å². The molecule has 0 aromatic heterocycles. The molecule has 4 aromatic carbocycles. The smallest absolute Gasteiger partial charge is 0.309 e.